The van der Waals surface area contributed by atoms with Crippen molar-refractivity contribution in [3.8, 4) is 11.3 Å². The maximum Gasteiger partial charge on any atom is 0.417 e. The molecule has 1 unspecified atom stereocenters. The standard InChI is InChI=1S/C27H28F3N3O4.ClH/c1-3-14(2)23(31)26(36)37-13-17-12-20(24(34)32-17)15-8-9-16-11-22(33-25(35)19(16)10-15)18-6-4-5-7-21(18)27(28,29)30;/h4-11,14,17,20,23H,3,12-13,31H2,1-2H3,(H,32,34)(H,33,35);1H/t14-,17?,20+,23-;/m0./s1. The summed E-state index contributed by atoms with van der Waals surface area (Å²) in [5, 5.41) is 3.51. The highest BCUT2D eigenvalue weighted by Gasteiger charge is 2.35. The van der Waals surface area contributed by atoms with E-state index in [-0.39, 0.29) is 47.5 Å². The molecule has 7 nitrogen and oxygen atoms in total. The molecule has 0 aliphatic carbocycles. The van der Waals surface area contributed by atoms with E-state index >= 15 is 0 Å². The molecular weight excluding hydrogens is 523 g/mol. The molecule has 2 aromatic carbocycles. The van der Waals surface area contributed by atoms with Crippen LogP contribution in [0.2, 0.25) is 0 Å². The lowest BCUT2D eigenvalue weighted by Crippen LogP contribution is -2.40. The molecule has 1 aliphatic rings. The predicted molar refractivity (Wildman–Crippen MR) is 140 cm³/mol. The molecule has 1 fully saturated rings. The minimum Gasteiger partial charge on any atom is -0.462 e. The number of alkyl halides is 3. The summed E-state index contributed by atoms with van der Waals surface area (Å²) in [4.78, 5) is 40.2. The van der Waals surface area contributed by atoms with Crippen LogP contribution < -0.4 is 16.6 Å². The summed E-state index contributed by atoms with van der Waals surface area (Å²) in [5.41, 5.74) is 5.00. The number of hydrogen-bond acceptors (Lipinski definition) is 5. The van der Waals surface area contributed by atoms with Crippen molar-refractivity contribution in [2.45, 2.75) is 50.9 Å². The number of fused-ring (bicyclic) bond motifs is 1. The first-order valence-electron chi connectivity index (χ1n) is 12.1. The Bertz CT molecular complexity index is 1390. The molecule has 4 N–H and O–H groups in total. The minimum atomic E-state index is -4.58. The van der Waals surface area contributed by atoms with E-state index in [1.165, 1.54) is 24.3 Å². The maximum absolute atomic E-state index is 13.5. The Morgan fingerprint density at radius 1 is 1.16 bits per heavy atom. The Kier molecular flexibility index (Phi) is 8.89. The highest BCUT2D eigenvalue weighted by Crippen LogP contribution is 2.37. The van der Waals surface area contributed by atoms with Gasteiger partial charge in [0, 0.05) is 16.6 Å². The van der Waals surface area contributed by atoms with Crippen LogP contribution in [0, 0.1) is 5.92 Å². The van der Waals surface area contributed by atoms with Crippen LogP contribution in [0.3, 0.4) is 0 Å². The van der Waals surface area contributed by atoms with Gasteiger partial charge in [0.25, 0.3) is 5.56 Å². The zero-order valence-electron chi connectivity index (χ0n) is 20.8. The van der Waals surface area contributed by atoms with Gasteiger partial charge in [-0.2, -0.15) is 13.2 Å². The summed E-state index contributed by atoms with van der Waals surface area (Å²) in [5.74, 6) is -1.39. The van der Waals surface area contributed by atoms with Gasteiger partial charge in [-0.15, -0.1) is 12.4 Å². The first-order chi connectivity index (χ1) is 17.5. The molecule has 0 spiro atoms. The van der Waals surface area contributed by atoms with Gasteiger partial charge in [-0.3, -0.25) is 14.4 Å². The summed E-state index contributed by atoms with van der Waals surface area (Å²) in [6.45, 7) is 3.77. The largest absolute Gasteiger partial charge is 0.462 e. The first kappa shape index (κ1) is 29.2. The number of ether oxygens (including phenoxy) is 1. The van der Waals surface area contributed by atoms with Crippen molar-refractivity contribution in [2.24, 2.45) is 11.7 Å². The van der Waals surface area contributed by atoms with Gasteiger partial charge in [-0.25, -0.2) is 0 Å². The minimum absolute atomic E-state index is 0. The van der Waals surface area contributed by atoms with E-state index < -0.39 is 41.3 Å². The zero-order chi connectivity index (χ0) is 26.9. The van der Waals surface area contributed by atoms with E-state index in [1.54, 1.807) is 18.2 Å². The number of esters is 1. The lowest BCUT2D eigenvalue weighted by Gasteiger charge is -2.18. The fourth-order valence-electron chi connectivity index (χ4n) is 4.52. The van der Waals surface area contributed by atoms with Crippen molar-refractivity contribution in [1.29, 1.82) is 0 Å². The molecule has 4 atom stereocenters. The van der Waals surface area contributed by atoms with E-state index in [1.807, 2.05) is 13.8 Å². The molecule has 1 aromatic heterocycles. The number of aromatic amines is 1. The molecule has 0 saturated carbocycles. The summed E-state index contributed by atoms with van der Waals surface area (Å²) in [7, 11) is 0. The average molecular weight is 552 g/mol. The van der Waals surface area contributed by atoms with Gasteiger partial charge in [-0.1, -0.05) is 50.6 Å². The van der Waals surface area contributed by atoms with Crippen LogP contribution in [0.4, 0.5) is 13.2 Å². The predicted octanol–water partition coefficient (Wildman–Crippen LogP) is 4.52. The van der Waals surface area contributed by atoms with Crippen molar-refractivity contribution >= 4 is 35.1 Å². The van der Waals surface area contributed by atoms with Gasteiger partial charge < -0.3 is 20.8 Å². The third kappa shape index (κ3) is 6.02. The number of pyridine rings is 1. The molecule has 0 bridgehead atoms. The van der Waals surface area contributed by atoms with Crippen molar-refractivity contribution in [1.82, 2.24) is 10.3 Å². The normalized spacial score (nSPS) is 18.9. The number of rotatable bonds is 7. The highest BCUT2D eigenvalue weighted by atomic mass is 35.5. The van der Waals surface area contributed by atoms with Gasteiger partial charge in [-0.05, 0) is 41.5 Å². The smallest absolute Gasteiger partial charge is 0.417 e. The summed E-state index contributed by atoms with van der Waals surface area (Å²) < 4.78 is 45.7. The number of H-pyrrole nitrogens is 1. The SMILES string of the molecule is CC[C@H](C)[C@H](N)C(=O)OCC1C[C@H](c2ccc3cc(-c4ccccc4C(F)(F)F)[nH]c(=O)c3c2)C(=O)N1.Cl. The van der Waals surface area contributed by atoms with E-state index in [2.05, 4.69) is 10.3 Å². The highest BCUT2D eigenvalue weighted by molar-refractivity contribution is 5.90. The van der Waals surface area contributed by atoms with Crippen LogP contribution in [-0.4, -0.2) is 35.6 Å². The van der Waals surface area contributed by atoms with Crippen LogP contribution in [-0.2, 0) is 20.5 Å². The summed E-state index contributed by atoms with van der Waals surface area (Å²) in [6, 6.07) is 10.3. The van der Waals surface area contributed by atoms with E-state index in [4.69, 9.17) is 10.5 Å². The number of hydrogen-bond donors (Lipinski definition) is 3. The quantitative estimate of drug-likeness (QED) is 0.373. The number of carbonyl (C=O) groups is 2. The monoisotopic (exact) mass is 551 g/mol. The third-order valence-electron chi connectivity index (χ3n) is 6.93. The Morgan fingerprint density at radius 2 is 1.87 bits per heavy atom. The molecule has 38 heavy (non-hydrogen) atoms. The van der Waals surface area contributed by atoms with Crippen LogP contribution in [0.15, 0.2) is 53.3 Å². The van der Waals surface area contributed by atoms with Crippen molar-refractivity contribution in [3.63, 3.8) is 0 Å². The molecule has 1 aliphatic heterocycles. The number of amides is 1. The van der Waals surface area contributed by atoms with E-state index in [0.29, 0.717) is 17.4 Å². The van der Waals surface area contributed by atoms with Gasteiger partial charge in [0.15, 0.2) is 0 Å². The zero-order valence-corrected chi connectivity index (χ0v) is 21.6. The van der Waals surface area contributed by atoms with Gasteiger partial charge in [0.2, 0.25) is 5.91 Å². The van der Waals surface area contributed by atoms with Crippen LogP contribution in [0.5, 0.6) is 0 Å². The summed E-state index contributed by atoms with van der Waals surface area (Å²) in [6.07, 6.45) is -3.49. The van der Waals surface area contributed by atoms with Crippen molar-refractivity contribution < 1.29 is 27.5 Å². The molecular formula is C27H29ClF3N3O4. The third-order valence-corrected chi connectivity index (χ3v) is 6.93. The molecule has 0 radical (unpaired) electrons. The lowest BCUT2D eigenvalue weighted by atomic mass is 9.93. The molecule has 1 saturated heterocycles. The molecule has 3 aromatic rings. The second-order valence-electron chi connectivity index (χ2n) is 9.44. The van der Waals surface area contributed by atoms with Crippen LogP contribution in [0.1, 0.15) is 43.7 Å². The van der Waals surface area contributed by atoms with Crippen LogP contribution >= 0.6 is 12.4 Å². The number of halogens is 4. The topological polar surface area (TPSA) is 114 Å². The van der Waals surface area contributed by atoms with Gasteiger partial charge >= 0.3 is 12.1 Å². The number of nitrogens with one attached hydrogen (secondary N) is 2. The second-order valence-corrected chi connectivity index (χ2v) is 9.44. The molecule has 204 valence electrons. The Labute approximate surface area is 223 Å². The van der Waals surface area contributed by atoms with E-state index in [0.717, 1.165) is 12.5 Å². The fourth-order valence-corrected chi connectivity index (χ4v) is 4.52. The number of benzene rings is 2. The Morgan fingerprint density at radius 3 is 2.55 bits per heavy atom. The van der Waals surface area contributed by atoms with Crippen LogP contribution in [0.25, 0.3) is 22.0 Å². The van der Waals surface area contributed by atoms with E-state index in [9.17, 15) is 27.6 Å². The summed E-state index contributed by atoms with van der Waals surface area (Å²) >= 11 is 0. The van der Waals surface area contributed by atoms with Gasteiger partial charge in [0.05, 0.1) is 17.5 Å². The van der Waals surface area contributed by atoms with Crippen molar-refractivity contribution in [3.05, 3.63) is 70.0 Å². The maximum atomic E-state index is 13.5. The molecule has 4 rings (SSSR count). The number of aromatic nitrogens is 1. The molecule has 11 heteroatoms. The molecule has 1 amide bonds. The second kappa shape index (κ2) is 11.6. The Balaban J connectivity index is 0.00000400. The average Bonchev–Trinajstić information content (AvgIpc) is 3.25. The van der Waals surface area contributed by atoms with Gasteiger partial charge in [0.1, 0.15) is 12.6 Å². The number of nitrogens with two attached hydrogens (primary N) is 1. The first-order valence-corrected chi connectivity index (χ1v) is 12.1. The lowest BCUT2D eigenvalue weighted by molar-refractivity contribution is -0.147. The number of carbonyl (C=O) groups excluding carboxylic acids is 2. The fraction of sp³-hybridized carbons (Fsp3) is 0.370. The Hall–Kier alpha value is -3.37. The molecule has 2 heterocycles. The van der Waals surface area contributed by atoms with Crippen molar-refractivity contribution in [2.75, 3.05) is 6.61 Å².